The van der Waals surface area contributed by atoms with Gasteiger partial charge in [-0.2, -0.15) is 0 Å². The van der Waals surface area contributed by atoms with E-state index in [9.17, 15) is 0 Å². The topological polar surface area (TPSA) is 34.2 Å². The van der Waals surface area contributed by atoms with Gasteiger partial charge in [-0.3, -0.25) is 4.98 Å². The fraction of sp³-hybridized carbons (Fsp3) is 0.667. The molecule has 1 N–H and O–H groups in total. The average Bonchev–Trinajstić information content (AvgIpc) is 2.40. The Bertz CT molecular complexity index is 448. The van der Waals surface area contributed by atoms with E-state index in [1.165, 1.54) is 24.8 Å². The van der Waals surface area contributed by atoms with E-state index < -0.39 is 0 Å². The number of hydrogen-bond acceptors (Lipinski definition) is 3. The predicted octanol–water partition coefficient (Wildman–Crippen LogP) is 3.34. The van der Waals surface area contributed by atoms with Crippen molar-refractivity contribution in [3.8, 4) is 0 Å². The van der Waals surface area contributed by atoms with E-state index >= 15 is 0 Å². The highest BCUT2D eigenvalue weighted by Crippen LogP contribution is 2.47. The van der Waals surface area contributed by atoms with E-state index in [-0.39, 0.29) is 5.60 Å². The van der Waals surface area contributed by atoms with Crippen molar-refractivity contribution in [2.45, 2.75) is 43.7 Å². The maximum Gasteiger partial charge on any atom is 0.0686 e. The molecule has 2 heterocycles. The van der Waals surface area contributed by atoms with Gasteiger partial charge in [-0.15, -0.1) is 0 Å². The molecule has 1 aliphatic heterocycles. The summed E-state index contributed by atoms with van der Waals surface area (Å²) in [5.41, 5.74) is 1.35. The molecule has 0 amide bonds. The molecule has 3 rings (SSSR count). The molecule has 1 aromatic heterocycles. The number of aromatic nitrogens is 1. The Morgan fingerprint density at radius 2 is 2.37 bits per heavy atom. The quantitative estimate of drug-likeness (QED) is 0.922. The molecule has 19 heavy (non-hydrogen) atoms. The van der Waals surface area contributed by atoms with Gasteiger partial charge < -0.3 is 10.1 Å². The molecule has 1 aliphatic carbocycles. The first-order valence-electron chi connectivity index (χ1n) is 7.15. The number of nitrogens with one attached hydrogen (secondary N) is 1. The molecule has 2 aliphatic rings. The van der Waals surface area contributed by atoms with E-state index in [1.54, 1.807) is 6.20 Å². The first-order chi connectivity index (χ1) is 9.24. The van der Waals surface area contributed by atoms with Gasteiger partial charge in [0.05, 0.1) is 10.6 Å². The van der Waals surface area contributed by atoms with Gasteiger partial charge in [0, 0.05) is 25.0 Å². The second-order valence-electron chi connectivity index (χ2n) is 5.80. The van der Waals surface area contributed by atoms with Crippen LogP contribution in [0.5, 0.6) is 0 Å². The van der Waals surface area contributed by atoms with E-state index in [2.05, 4.69) is 10.3 Å². The zero-order valence-corrected chi connectivity index (χ0v) is 12.1. The Balaban J connectivity index is 1.80. The van der Waals surface area contributed by atoms with Crippen LogP contribution in [-0.4, -0.2) is 24.2 Å². The van der Waals surface area contributed by atoms with Crippen LogP contribution in [0.1, 0.15) is 43.7 Å². The summed E-state index contributed by atoms with van der Waals surface area (Å²) in [7, 11) is 2.02. The summed E-state index contributed by atoms with van der Waals surface area (Å²) in [6.07, 6.45) is 9.58. The fourth-order valence-corrected chi connectivity index (χ4v) is 3.79. The molecule has 104 valence electrons. The van der Waals surface area contributed by atoms with Gasteiger partial charge in [0.2, 0.25) is 0 Å². The number of nitrogens with zero attached hydrogens (tertiary/aromatic N) is 1. The van der Waals surface area contributed by atoms with E-state index in [4.69, 9.17) is 16.3 Å². The molecule has 2 fully saturated rings. The summed E-state index contributed by atoms with van der Waals surface area (Å²) in [5, 5.41) is 4.21. The van der Waals surface area contributed by atoms with Crippen LogP contribution in [0.15, 0.2) is 18.5 Å². The van der Waals surface area contributed by atoms with Crippen LogP contribution in [0.2, 0.25) is 5.02 Å². The van der Waals surface area contributed by atoms with Gasteiger partial charge in [-0.1, -0.05) is 11.6 Å². The lowest BCUT2D eigenvalue weighted by Crippen LogP contribution is -2.47. The standard InChI is InChI=1S/C15H21ClN2O/c1-17-14(12-3-7-18-10-13(12)16)11-4-8-19-15(9-11)5-2-6-15/h3,7,10-11,14,17H,2,4-6,8-9H2,1H3. The molecular weight excluding hydrogens is 260 g/mol. The smallest absolute Gasteiger partial charge is 0.0686 e. The molecule has 3 nitrogen and oxygen atoms in total. The highest BCUT2D eigenvalue weighted by atomic mass is 35.5. The van der Waals surface area contributed by atoms with Crippen molar-refractivity contribution in [3.63, 3.8) is 0 Å². The van der Waals surface area contributed by atoms with Crippen LogP contribution in [-0.2, 0) is 4.74 Å². The lowest BCUT2D eigenvalue weighted by Gasteiger charge is -2.48. The maximum atomic E-state index is 6.30. The summed E-state index contributed by atoms with van der Waals surface area (Å²) < 4.78 is 6.02. The van der Waals surface area contributed by atoms with Crippen LogP contribution in [0, 0.1) is 5.92 Å². The number of pyridine rings is 1. The third kappa shape index (κ3) is 2.51. The average molecular weight is 281 g/mol. The summed E-state index contributed by atoms with van der Waals surface area (Å²) in [6, 6.07) is 2.34. The van der Waals surface area contributed by atoms with Crippen molar-refractivity contribution in [2.75, 3.05) is 13.7 Å². The molecule has 0 bridgehead atoms. The number of hydrogen-bond donors (Lipinski definition) is 1. The predicted molar refractivity (Wildman–Crippen MR) is 76.3 cm³/mol. The van der Waals surface area contributed by atoms with Crippen molar-refractivity contribution in [3.05, 3.63) is 29.0 Å². The summed E-state index contributed by atoms with van der Waals surface area (Å²) >= 11 is 6.30. The Hall–Kier alpha value is -0.640. The van der Waals surface area contributed by atoms with Crippen molar-refractivity contribution in [1.29, 1.82) is 0 Å². The Morgan fingerprint density at radius 3 is 3.00 bits per heavy atom. The Morgan fingerprint density at radius 1 is 1.53 bits per heavy atom. The van der Waals surface area contributed by atoms with Gasteiger partial charge in [0.1, 0.15) is 0 Å². The molecular formula is C15H21ClN2O. The van der Waals surface area contributed by atoms with Crippen LogP contribution in [0.4, 0.5) is 0 Å². The minimum Gasteiger partial charge on any atom is -0.375 e. The molecule has 1 saturated heterocycles. The first kappa shape index (κ1) is 13.3. The molecule has 2 unspecified atom stereocenters. The third-order valence-corrected chi connectivity index (χ3v) is 5.03. The highest BCUT2D eigenvalue weighted by Gasteiger charge is 2.44. The normalized spacial score (nSPS) is 26.9. The van der Waals surface area contributed by atoms with Crippen LogP contribution in [0.3, 0.4) is 0 Å². The Kier molecular flexibility index (Phi) is 3.79. The summed E-state index contributed by atoms with van der Waals surface area (Å²) in [6.45, 7) is 0.881. The van der Waals surface area contributed by atoms with Gasteiger partial charge >= 0.3 is 0 Å². The monoisotopic (exact) mass is 280 g/mol. The number of halogens is 1. The van der Waals surface area contributed by atoms with Crippen LogP contribution < -0.4 is 5.32 Å². The number of rotatable bonds is 3. The van der Waals surface area contributed by atoms with Crippen LogP contribution >= 0.6 is 11.6 Å². The summed E-state index contributed by atoms with van der Waals surface area (Å²) in [4.78, 5) is 4.08. The lowest BCUT2D eigenvalue weighted by molar-refractivity contribution is -0.147. The Labute approximate surface area is 119 Å². The van der Waals surface area contributed by atoms with Crippen molar-refractivity contribution in [2.24, 2.45) is 5.92 Å². The van der Waals surface area contributed by atoms with Crippen molar-refractivity contribution < 1.29 is 4.74 Å². The van der Waals surface area contributed by atoms with E-state index in [1.807, 2.05) is 19.3 Å². The summed E-state index contributed by atoms with van der Waals surface area (Å²) in [5.74, 6) is 0.596. The zero-order chi connectivity index (χ0) is 13.3. The van der Waals surface area contributed by atoms with Gasteiger partial charge in [-0.25, -0.2) is 0 Å². The van der Waals surface area contributed by atoms with E-state index in [0.29, 0.717) is 12.0 Å². The molecule has 4 heteroatoms. The molecule has 1 aromatic rings. The maximum absolute atomic E-state index is 6.30. The SMILES string of the molecule is CNC(c1ccncc1Cl)C1CCOC2(CCC2)C1. The highest BCUT2D eigenvalue weighted by molar-refractivity contribution is 6.31. The molecule has 2 atom stereocenters. The molecule has 0 radical (unpaired) electrons. The van der Waals surface area contributed by atoms with Crippen molar-refractivity contribution in [1.82, 2.24) is 10.3 Å². The minimum absolute atomic E-state index is 0.178. The zero-order valence-electron chi connectivity index (χ0n) is 11.4. The van der Waals surface area contributed by atoms with Gasteiger partial charge in [-0.05, 0) is 56.7 Å². The van der Waals surface area contributed by atoms with Gasteiger partial charge in [0.15, 0.2) is 0 Å². The fourth-order valence-electron chi connectivity index (χ4n) is 3.55. The molecule has 1 spiro atoms. The van der Waals surface area contributed by atoms with Crippen molar-refractivity contribution >= 4 is 11.6 Å². The minimum atomic E-state index is 0.178. The first-order valence-corrected chi connectivity index (χ1v) is 7.52. The molecule has 1 saturated carbocycles. The van der Waals surface area contributed by atoms with Gasteiger partial charge in [0.25, 0.3) is 0 Å². The second kappa shape index (κ2) is 5.39. The number of ether oxygens (including phenoxy) is 1. The van der Waals surface area contributed by atoms with Crippen LogP contribution in [0.25, 0.3) is 0 Å². The van der Waals surface area contributed by atoms with E-state index in [0.717, 1.165) is 24.5 Å². The second-order valence-corrected chi connectivity index (χ2v) is 6.21. The third-order valence-electron chi connectivity index (χ3n) is 4.72. The lowest BCUT2D eigenvalue weighted by atomic mass is 9.69. The molecule has 0 aromatic carbocycles. The largest absolute Gasteiger partial charge is 0.375 e.